The fourth-order valence-electron chi connectivity index (χ4n) is 1.86. The Bertz CT molecular complexity index is 576. The van der Waals surface area contributed by atoms with Gasteiger partial charge in [-0.3, -0.25) is 4.99 Å². The standard InChI is InChI=1S/C12H11N3/c1-9-2-3-11-12(10-4-5-13-6-10)14-8-15(11)7-9/h2-5,7-8H,6H2,1H3. The molecule has 0 amide bonds. The fourth-order valence-corrected chi connectivity index (χ4v) is 1.86. The largest absolute Gasteiger partial charge is 0.305 e. The second-order valence-corrected chi connectivity index (χ2v) is 3.77. The Balaban J connectivity index is 2.20. The Hall–Kier alpha value is -1.90. The van der Waals surface area contributed by atoms with E-state index in [0.717, 1.165) is 17.8 Å². The molecule has 0 fully saturated rings. The minimum absolute atomic E-state index is 0.751. The number of imidazole rings is 1. The van der Waals surface area contributed by atoms with E-state index in [2.05, 4.69) is 39.6 Å². The minimum atomic E-state index is 0.751. The number of aromatic nitrogens is 2. The van der Waals surface area contributed by atoms with E-state index < -0.39 is 0 Å². The molecule has 0 saturated heterocycles. The van der Waals surface area contributed by atoms with Gasteiger partial charge in [0.2, 0.25) is 0 Å². The van der Waals surface area contributed by atoms with Crippen LogP contribution in [0, 0.1) is 6.92 Å². The van der Waals surface area contributed by atoms with Crippen molar-refractivity contribution >= 4 is 17.3 Å². The van der Waals surface area contributed by atoms with Gasteiger partial charge in [0.05, 0.1) is 24.1 Å². The lowest BCUT2D eigenvalue weighted by Gasteiger charge is -1.99. The third kappa shape index (κ3) is 1.28. The second-order valence-electron chi connectivity index (χ2n) is 3.77. The Morgan fingerprint density at radius 1 is 1.33 bits per heavy atom. The maximum absolute atomic E-state index is 4.43. The highest BCUT2D eigenvalue weighted by Crippen LogP contribution is 2.21. The maximum atomic E-state index is 4.43. The van der Waals surface area contributed by atoms with Crippen LogP contribution in [-0.4, -0.2) is 22.1 Å². The molecule has 3 heteroatoms. The summed E-state index contributed by atoms with van der Waals surface area (Å²) < 4.78 is 2.06. The first kappa shape index (κ1) is 8.41. The zero-order valence-electron chi connectivity index (χ0n) is 8.51. The van der Waals surface area contributed by atoms with Crippen LogP contribution in [0.5, 0.6) is 0 Å². The second kappa shape index (κ2) is 3.05. The van der Waals surface area contributed by atoms with Crippen LogP contribution in [0.25, 0.3) is 11.1 Å². The van der Waals surface area contributed by atoms with Crippen molar-refractivity contribution in [3.05, 3.63) is 42.0 Å². The fraction of sp³-hybridized carbons (Fsp3) is 0.167. The average Bonchev–Trinajstić information content (AvgIpc) is 2.82. The molecule has 0 aromatic carbocycles. The van der Waals surface area contributed by atoms with Gasteiger partial charge in [-0.15, -0.1) is 0 Å². The van der Waals surface area contributed by atoms with Crippen LogP contribution in [0.1, 0.15) is 11.3 Å². The van der Waals surface area contributed by atoms with Gasteiger partial charge in [-0.25, -0.2) is 4.98 Å². The summed E-state index contributed by atoms with van der Waals surface area (Å²) in [6.07, 6.45) is 7.82. The molecule has 3 rings (SSSR count). The average molecular weight is 197 g/mol. The van der Waals surface area contributed by atoms with E-state index in [1.807, 2.05) is 18.6 Å². The zero-order valence-corrected chi connectivity index (χ0v) is 8.51. The number of fused-ring (bicyclic) bond motifs is 1. The number of allylic oxidation sites excluding steroid dienone is 1. The van der Waals surface area contributed by atoms with Crippen molar-refractivity contribution in [3.8, 4) is 0 Å². The predicted molar refractivity (Wildman–Crippen MR) is 61.3 cm³/mol. The zero-order chi connectivity index (χ0) is 10.3. The molecule has 0 saturated carbocycles. The molecule has 15 heavy (non-hydrogen) atoms. The van der Waals surface area contributed by atoms with E-state index in [0.29, 0.717) is 0 Å². The first-order chi connectivity index (χ1) is 7.34. The summed E-state index contributed by atoms with van der Waals surface area (Å²) in [6.45, 7) is 2.83. The summed E-state index contributed by atoms with van der Waals surface area (Å²) in [6, 6.07) is 4.22. The molecule has 0 radical (unpaired) electrons. The number of rotatable bonds is 1. The van der Waals surface area contributed by atoms with E-state index >= 15 is 0 Å². The Labute approximate surface area is 87.8 Å². The number of aryl methyl sites for hydroxylation is 1. The van der Waals surface area contributed by atoms with Crippen LogP contribution in [0.4, 0.5) is 0 Å². The number of hydrogen-bond donors (Lipinski definition) is 0. The van der Waals surface area contributed by atoms with Crippen molar-refractivity contribution in [2.75, 3.05) is 6.54 Å². The number of aliphatic imine (C=N–C) groups is 1. The molecule has 0 N–H and O–H groups in total. The van der Waals surface area contributed by atoms with E-state index in [-0.39, 0.29) is 0 Å². The van der Waals surface area contributed by atoms with Gasteiger partial charge in [-0.2, -0.15) is 0 Å². The molecule has 3 heterocycles. The Kier molecular flexibility index (Phi) is 1.71. The number of hydrogen-bond acceptors (Lipinski definition) is 2. The van der Waals surface area contributed by atoms with Crippen LogP contribution in [0.15, 0.2) is 35.7 Å². The minimum Gasteiger partial charge on any atom is -0.305 e. The van der Waals surface area contributed by atoms with Gasteiger partial charge < -0.3 is 4.40 Å². The third-order valence-electron chi connectivity index (χ3n) is 2.63. The molecular weight excluding hydrogens is 186 g/mol. The molecule has 1 aliphatic heterocycles. The van der Waals surface area contributed by atoms with Crippen LogP contribution < -0.4 is 0 Å². The van der Waals surface area contributed by atoms with Gasteiger partial charge in [-0.05, 0) is 24.6 Å². The van der Waals surface area contributed by atoms with Gasteiger partial charge in [-0.1, -0.05) is 6.07 Å². The number of pyridine rings is 1. The molecular formula is C12H11N3. The molecule has 0 aliphatic carbocycles. The van der Waals surface area contributed by atoms with Crippen LogP contribution in [0.3, 0.4) is 0 Å². The lowest BCUT2D eigenvalue weighted by Crippen LogP contribution is -1.88. The number of nitrogens with zero attached hydrogens (tertiary/aromatic N) is 3. The molecule has 0 unspecified atom stereocenters. The normalized spacial score (nSPS) is 14.9. The molecule has 74 valence electrons. The summed E-state index contributed by atoms with van der Waals surface area (Å²) in [5, 5.41) is 0. The summed E-state index contributed by atoms with van der Waals surface area (Å²) in [5.41, 5.74) is 4.63. The van der Waals surface area contributed by atoms with Gasteiger partial charge in [0, 0.05) is 18.0 Å². The SMILES string of the molecule is Cc1ccc2c(C3=CC=NC3)ncn2c1. The molecule has 2 aromatic heterocycles. The molecule has 1 aliphatic rings. The van der Waals surface area contributed by atoms with E-state index in [4.69, 9.17) is 0 Å². The molecule has 2 aromatic rings. The third-order valence-corrected chi connectivity index (χ3v) is 2.63. The van der Waals surface area contributed by atoms with Crippen LogP contribution in [0.2, 0.25) is 0 Å². The van der Waals surface area contributed by atoms with Gasteiger partial charge in [0.1, 0.15) is 0 Å². The Morgan fingerprint density at radius 2 is 2.27 bits per heavy atom. The van der Waals surface area contributed by atoms with Gasteiger partial charge >= 0.3 is 0 Å². The van der Waals surface area contributed by atoms with Crippen molar-refractivity contribution in [1.82, 2.24) is 9.38 Å². The van der Waals surface area contributed by atoms with Crippen molar-refractivity contribution < 1.29 is 0 Å². The highest BCUT2D eigenvalue weighted by Gasteiger charge is 2.10. The summed E-state index contributed by atoms with van der Waals surface area (Å²) >= 11 is 0. The lowest BCUT2D eigenvalue weighted by atomic mass is 10.1. The lowest BCUT2D eigenvalue weighted by molar-refractivity contribution is 1.13. The molecule has 0 atom stereocenters. The first-order valence-electron chi connectivity index (χ1n) is 4.97. The predicted octanol–water partition coefficient (Wildman–Crippen LogP) is 2.11. The highest BCUT2D eigenvalue weighted by atomic mass is 15.0. The first-order valence-corrected chi connectivity index (χ1v) is 4.97. The topological polar surface area (TPSA) is 29.7 Å². The van der Waals surface area contributed by atoms with E-state index in [9.17, 15) is 0 Å². The molecule has 0 bridgehead atoms. The van der Waals surface area contributed by atoms with Crippen molar-refractivity contribution in [3.63, 3.8) is 0 Å². The Morgan fingerprint density at radius 3 is 3.07 bits per heavy atom. The smallest absolute Gasteiger partial charge is 0.0999 e. The summed E-state index contributed by atoms with van der Waals surface area (Å²) in [5.74, 6) is 0. The van der Waals surface area contributed by atoms with E-state index in [1.165, 1.54) is 11.1 Å². The van der Waals surface area contributed by atoms with Crippen molar-refractivity contribution in [2.24, 2.45) is 4.99 Å². The quantitative estimate of drug-likeness (QED) is 0.688. The molecule has 3 nitrogen and oxygen atoms in total. The van der Waals surface area contributed by atoms with Crippen molar-refractivity contribution in [2.45, 2.75) is 6.92 Å². The van der Waals surface area contributed by atoms with Gasteiger partial charge in [0.25, 0.3) is 0 Å². The maximum Gasteiger partial charge on any atom is 0.0999 e. The monoisotopic (exact) mass is 197 g/mol. The summed E-state index contributed by atoms with van der Waals surface area (Å²) in [4.78, 5) is 8.61. The highest BCUT2D eigenvalue weighted by molar-refractivity contribution is 5.92. The van der Waals surface area contributed by atoms with Crippen LogP contribution in [-0.2, 0) is 0 Å². The van der Waals surface area contributed by atoms with Crippen LogP contribution >= 0.6 is 0 Å². The van der Waals surface area contributed by atoms with E-state index in [1.54, 1.807) is 0 Å². The van der Waals surface area contributed by atoms with Crippen molar-refractivity contribution in [1.29, 1.82) is 0 Å². The van der Waals surface area contributed by atoms with Gasteiger partial charge in [0.15, 0.2) is 0 Å². The molecule has 0 spiro atoms. The summed E-state index contributed by atoms with van der Waals surface area (Å²) in [7, 11) is 0.